The fourth-order valence-electron chi connectivity index (χ4n) is 2.42. The molecule has 0 spiro atoms. The Bertz CT molecular complexity index is 345. The van der Waals surface area contributed by atoms with Crippen molar-refractivity contribution in [2.24, 2.45) is 11.3 Å². The van der Waals surface area contributed by atoms with Crippen LogP contribution >= 0.6 is 0 Å². The number of nitrogens with one attached hydrogen (secondary N) is 1. The van der Waals surface area contributed by atoms with Gasteiger partial charge in [0.15, 0.2) is 0 Å². The molecule has 1 heterocycles. The summed E-state index contributed by atoms with van der Waals surface area (Å²) in [7, 11) is 0. The van der Waals surface area contributed by atoms with Crippen molar-refractivity contribution in [3.05, 3.63) is 0 Å². The molecule has 1 N–H and O–H groups in total. The largest absolute Gasteiger partial charge is 0.342 e. The van der Waals surface area contributed by atoms with Crippen molar-refractivity contribution in [2.75, 3.05) is 6.54 Å². The van der Waals surface area contributed by atoms with Gasteiger partial charge in [-0.15, -0.1) is 0 Å². The third kappa shape index (κ3) is 3.71. The molecule has 4 nitrogen and oxygen atoms in total. The van der Waals surface area contributed by atoms with Crippen molar-refractivity contribution in [3.63, 3.8) is 0 Å². The van der Waals surface area contributed by atoms with Gasteiger partial charge in [0.05, 0.1) is 0 Å². The molecule has 0 radical (unpaired) electrons. The number of carbonyl (C=O) groups excluding carboxylic acids is 2. The van der Waals surface area contributed by atoms with Gasteiger partial charge in [-0.1, -0.05) is 41.5 Å². The van der Waals surface area contributed by atoms with Crippen LogP contribution in [0, 0.1) is 11.3 Å². The molecule has 2 unspecified atom stereocenters. The van der Waals surface area contributed by atoms with Crippen LogP contribution in [0.2, 0.25) is 0 Å². The van der Waals surface area contributed by atoms with E-state index in [0.29, 0.717) is 18.9 Å². The molecule has 110 valence electrons. The Morgan fingerprint density at radius 3 is 2.26 bits per heavy atom. The van der Waals surface area contributed by atoms with Crippen molar-refractivity contribution in [1.29, 1.82) is 0 Å². The van der Waals surface area contributed by atoms with Gasteiger partial charge in [0.25, 0.3) is 0 Å². The van der Waals surface area contributed by atoms with Crippen molar-refractivity contribution >= 4 is 11.8 Å². The maximum Gasteiger partial charge on any atom is 0.246 e. The number of amides is 2. The Kier molecular flexibility index (Phi) is 4.99. The van der Waals surface area contributed by atoms with Crippen LogP contribution in [0.25, 0.3) is 0 Å². The highest BCUT2D eigenvalue weighted by molar-refractivity contribution is 5.97. The molecule has 1 aliphatic heterocycles. The van der Waals surface area contributed by atoms with Gasteiger partial charge in [0.1, 0.15) is 12.1 Å². The summed E-state index contributed by atoms with van der Waals surface area (Å²) in [6, 6.07) is -0.709. The molecule has 19 heavy (non-hydrogen) atoms. The lowest BCUT2D eigenvalue weighted by atomic mass is 9.83. The van der Waals surface area contributed by atoms with E-state index >= 15 is 0 Å². The van der Waals surface area contributed by atoms with Gasteiger partial charge in [-0.3, -0.25) is 9.59 Å². The number of carbonyl (C=O) groups is 2. The van der Waals surface area contributed by atoms with Gasteiger partial charge >= 0.3 is 0 Å². The summed E-state index contributed by atoms with van der Waals surface area (Å²) in [5.74, 6) is 0.591. The van der Waals surface area contributed by atoms with Crippen LogP contribution < -0.4 is 5.32 Å². The van der Waals surface area contributed by atoms with Gasteiger partial charge in [-0.2, -0.15) is 0 Å². The summed E-state index contributed by atoms with van der Waals surface area (Å²) in [6.07, 6.45) is 1.61. The third-order valence-corrected chi connectivity index (χ3v) is 3.70. The highest BCUT2D eigenvalue weighted by atomic mass is 16.2. The highest BCUT2D eigenvalue weighted by Crippen LogP contribution is 2.26. The summed E-state index contributed by atoms with van der Waals surface area (Å²) in [4.78, 5) is 26.6. The Morgan fingerprint density at radius 1 is 1.26 bits per heavy atom. The Labute approximate surface area is 116 Å². The van der Waals surface area contributed by atoms with Crippen LogP contribution in [-0.2, 0) is 9.59 Å². The quantitative estimate of drug-likeness (QED) is 0.849. The van der Waals surface area contributed by atoms with E-state index in [-0.39, 0.29) is 23.3 Å². The maximum atomic E-state index is 12.6. The third-order valence-electron chi connectivity index (χ3n) is 3.70. The summed E-state index contributed by atoms with van der Waals surface area (Å²) < 4.78 is 0. The Morgan fingerprint density at radius 2 is 1.84 bits per heavy atom. The molecule has 1 saturated heterocycles. The Balaban J connectivity index is 2.93. The molecular weight excluding hydrogens is 240 g/mol. The highest BCUT2D eigenvalue weighted by Gasteiger charge is 2.44. The predicted octanol–water partition coefficient (Wildman–Crippen LogP) is 2.18. The second-order valence-corrected chi connectivity index (χ2v) is 6.95. The first-order valence-corrected chi connectivity index (χ1v) is 7.29. The van der Waals surface area contributed by atoms with E-state index < -0.39 is 6.04 Å². The van der Waals surface area contributed by atoms with E-state index in [4.69, 9.17) is 0 Å². The van der Waals surface area contributed by atoms with E-state index in [0.717, 1.165) is 6.42 Å². The van der Waals surface area contributed by atoms with Gasteiger partial charge in [-0.25, -0.2) is 0 Å². The second kappa shape index (κ2) is 5.93. The SMILES string of the molecule is CCC1C(=O)NC(C(C)(C)C)C(=O)N1CCC(C)C. The lowest BCUT2D eigenvalue weighted by molar-refractivity contribution is -0.152. The first-order chi connectivity index (χ1) is 8.68. The van der Waals surface area contributed by atoms with Crippen molar-refractivity contribution < 1.29 is 9.59 Å². The maximum absolute atomic E-state index is 12.6. The molecule has 2 amide bonds. The first kappa shape index (κ1) is 16.0. The smallest absolute Gasteiger partial charge is 0.246 e. The zero-order chi connectivity index (χ0) is 14.8. The summed E-state index contributed by atoms with van der Waals surface area (Å²) >= 11 is 0. The molecule has 0 aliphatic carbocycles. The number of hydrogen-bond acceptors (Lipinski definition) is 2. The number of hydrogen-bond donors (Lipinski definition) is 1. The molecule has 1 fully saturated rings. The van der Waals surface area contributed by atoms with E-state index in [1.54, 1.807) is 4.90 Å². The second-order valence-electron chi connectivity index (χ2n) is 6.95. The van der Waals surface area contributed by atoms with Crippen molar-refractivity contribution in [2.45, 2.75) is 66.5 Å². The molecule has 0 saturated carbocycles. The van der Waals surface area contributed by atoms with E-state index in [1.165, 1.54) is 0 Å². The van der Waals surface area contributed by atoms with Crippen LogP contribution in [0.4, 0.5) is 0 Å². The van der Waals surface area contributed by atoms with Crippen molar-refractivity contribution in [3.8, 4) is 0 Å². The minimum Gasteiger partial charge on any atom is -0.342 e. The monoisotopic (exact) mass is 268 g/mol. The summed E-state index contributed by atoms with van der Waals surface area (Å²) in [5, 5.41) is 2.89. The van der Waals surface area contributed by atoms with Crippen LogP contribution in [0.3, 0.4) is 0 Å². The number of nitrogens with zero attached hydrogens (tertiary/aromatic N) is 1. The topological polar surface area (TPSA) is 49.4 Å². The summed E-state index contributed by atoms with van der Waals surface area (Å²) in [5.41, 5.74) is -0.248. The lowest BCUT2D eigenvalue weighted by Crippen LogP contribution is -2.66. The van der Waals surface area contributed by atoms with Crippen LogP contribution in [-0.4, -0.2) is 35.3 Å². The van der Waals surface area contributed by atoms with Gasteiger partial charge < -0.3 is 10.2 Å². The van der Waals surface area contributed by atoms with Gasteiger partial charge in [-0.05, 0) is 24.2 Å². The van der Waals surface area contributed by atoms with E-state index in [9.17, 15) is 9.59 Å². The average molecular weight is 268 g/mol. The number of piperazine rings is 1. The molecule has 0 aromatic rings. The van der Waals surface area contributed by atoms with E-state index in [1.807, 2.05) is 27.7 Å². The first-order valence-electron chi connectivity index (χ1n) is 7.29. The van der Waals surface area contributed by atoms with Crippen LogP contribution in [0.1, 0.15) is 54.4 Å². The molecule has 1 aliphatic rings. The zero-order valence-electron chi connectivity index (χ0n) is 13.1. The lowest BCUT2D eigenvalue weighted by Gasteiger charge is -2.43. The van der Waals surface area contributed by atoms with E-state index in [2.05, 4.69) is 19.2 Å². The zero-order valence-corrected chi connectivity index (χ0v) is 13.1. The van der Waals surface area contributed by atoms with Crippen LogP contribution in [0.5, 0.6) is 0 Å². The minimum absolute atomic E-state index is 0.00854. The predicted molar refractivity (Wildman–Crippen MR) is 76.6 cm³/mol. The number of rotatable bonds is 4. The van der Waals surface area contributed by atoms with Gasteiger partial charge in [0.2, 0.25) is 11.8 Å². The normalized spacial score (nSPS) is 24.9. The van der Waals surface area contributed by atoms with Gasteiger partial charge in [0, 0.05) is 6.54 Å². The van der Waals surface area contributed by atoms with Crippen LogP contribution in [0.15, 0.2) is 0 Å². The summed E-state index contributed by atoms with van der Waals surface area (Å²) in [6.45, 7) is 12.9. The molecule has 0 aromatic heterocycles. The molecule has 4 heteroatoms. The molecule has 2 atom stereocenters. The average Bonchev–Trinajstić information content (AvgIpc) is 2.27. The fraction of sp³-hybridized carbons (Fsp3) is 0.867. The molecular formula is C15H28N2O2. The molecule has 0 aromatic carbocycles. The minimum atomic E-state index is -0.407. The standard InChI is InChI=1S/C15H28N2O2/c1-7-11-13(18)16-12(15(4,5)6)14(19)17(11)9-8-10(2)3/h10-12H,7-9H2,1-6H3,(H,16,18). The molecule has 1 rings (SSSR count). The fourth-order valence-corrected chi connectivity index (χ4v) is 2.42. The van der Waals surface area contributed by atoms with Crippen molar-refractivity contribution in [1.82, 2.24) is 10.2 Å². The molecule has 0 bridgehead atoms. The Hall–Kier alpha value is -1.06.